The van der Waals surface area contributed by atoms with Gasteiger partial charge in [-0.05, 0) is 60.5 Å². The van der Waals surface area contributed by atoms with Crippen molar-refractivity contribution in [1.82, 2.24) is 4.98 Å². The zero-order valence-electron chi connectivity index (χ0n) is 15.5. The molecule has 0 spiro atoms. The minimum absolute atomic E-state index is 0.0177. The van der Waals surface area contributed by atoms with Gasteiger partial charge in [0.15, 0.2) is 0 Å². The number of pyridine rings is 1. The maximum Gasteiger partial charge on any atom is 0.225 e. The van der Waals surface area contributed by atoms with E-state index < -0.39 is 0 Å². The summed E-state index contributed by atoms with van der Waals surface area (Å²) in [5.74, 6) is 7.60. The molecule has 0 aliphatic rings. The van der Waals surface area contributed by atoms with E-state index in [0.717, 1.165) is 21.9 Å². The van der Waals surface area contributed by atoms with Gasteiger partial charge >= 0.3 is 0 Å². The number of carbonyl (C=O) groups is 1. The molecule has 1 aromatic heterocycles. The van der Waals surface area contributed by atoms with Gasteiger partial charge in [-0.3, -0.25) is 4.79 Å². The molecule has 3 rings (SSSR count). The van der Waals surface area contributed by atoms with Crippen LogP contribution in [0.25, 0.3) is 0 Å². The molecule has 3 aromatic rings. The lowest BCUT2D eigenvalue weighted by Gasteiger charge is -2.06. The number of benzene rings is 2. The number of aromatic nitrogens is 1. The molecule has 0 bridgehead atoms. The molecule has 0 aliphatic carbocycles. The fraction of sp³-hybridized carbons (Fsp3) is 0.130. The van der Waals surface area contributed by atoms with Crippen LogP contribution < -0.4 is 10.1 Å². The predicted octanol–water partition coefficient (Wildman–Crippen LogP) is 4.61. The predicted molar refractivity (Wildman–Crippen MR) is 114 cm³/mol. The highest BCUT2D eigenvalue weighted by Crippen LogP contribution is 2.22. The van der Waals surface area contributed by atoms with E-state index in [2.05, 4.69) is 22.1 Å². The van der Waals surface area contributed by atoms with Crippen molar-refractivity contribution in [1.29, 1.82) is 0 Å². The molecule has 0 aliphatic heterocycles. The second-order valence-corrected chi connectivity index (χ2v) is 7.04. The second kappa shape index (κ2) is 10.2. The zero-order valence-corrected chi connectivity index (χ0v) is 16.3. The molecule has 0 radical (unpaired) electrons. The standard InChI is InChI=1S/C23H20N2O2S/c1-27-21-10-12-22(13-11-21)28-16-14-23(26)25-20-7-4-5-18(17-20)8-9-19-6-2-3-15-24-19/h2-7,10-13,15,17H,14,16H2,1H3,(H,25,26). The summed E-state index contributed by atoms with van der Waals surface area (Å²) in [6, 6.07) is 20.9. The molecule has 0 atom stereocenters. The Morgan fingerprint density at radius 1 is 1.07 bits per heavy atom. The number of rotatable bonds is 6. The van der Waals surface area contributed by atoms with Crippen LogP contribution in [0.15, 0.2) is 77.8 Å². The van der Waals surface area contributed by atoms with E-state index in [0.29, 0.717) is 17.9 Å². The molecular formula is C23H20N2O2S. The summed E-state index contributed by atoms with van der Waals surface area (Å²) in [4.78, 5) is 17.5. The molecule has 2 aromatic carbocycles. The third-order valence-corrected chi connectivity index (χ3v) is 4.82. The SMILES string of the molecule is COc1ccc(SCCC(=O)Nc2cccc(C#Cc3ccccn3)c2)cc1. The highest BCUT2D eigenvalue weighted by molar-refractivity contribution is 7.99. The maximum atomic E-state index is 12.2. The van der Waals surface area contributed by atoms with Gasteiger partial charge in [0.05, 0.1) is 7.11 Å². The maximum absolute atomic E-state index is 12.2. The molecule has 28 heavy (non-hydrogen) atoms. The van der Waals surface area contributed by atoms with Crippen LogP contribution in [-0.2, 0) is 4.79 Å². The van der Waals surface area contributed by atoms with Gasteiger partial charge in [-0.1, -0.05) is 18.1 Å². The van der Waals surface area contributed by atoms with Gasteiger partial charge in [0.2, 0.25) is 5.91 Å². The van der Waals surface area contributed by atoms with Crippen LogP contribution in [0.5, 0.6) is 5.75 Å². The van der Waals surface area contributed by atoms with Crippen molar-refractivity contribution in [2.45, 2.75) is 11.3 Å². The molecule has 1 heterocycles. The number of anilines is 1. The lowest BCUT2D eigenvalue weighted by atomic mass is 10.2. The molecule has 0 saturated heterocycles. The number of carbonyl (C=O) groups excluding carboxylic acids is 1. The van der Waals surface area contributed by atoms with Crippen molar-refractivity contribution in [3.05, 3.63) is 84.2 Å². The summed E-state index contributed by atoms with van der Waals surface area (Å²) in [5.41, 5.74) is 2.29. The summed E-state index contributed by atoms with van der Waals surface area (Å²) in [5, 5.41) is 2.93. The Morgan fingerprint density at radius 3 is 2.68 bits per heavy atom. The van der Waals surface area contributed by atoms with Crippen molar-refractivity contribution in [2.24, 2.45) is 0 Å². The lowest BCUT2D eigenvalue weighted by Crippen LogP contribution is -2.12. The lowest BCUT2D eigenvalue weighted by molar-refractivity contribution is -0.115. The van der Waals surface area contributed by atoms with E-state index in [9.17, 15) is 4.79 Å². The summed E-state index contributed by atoms with van der Waals surface area (Å²) < 4.78 is 5.14. The first-order valence-electron chi connectivity index (χ1n) is 8.83. The monoisotopic (exact) mass is 388 g/mol. The molecule has 0 saturated carbocycles. The highest BCUT2D eigenvalue weighted by Gasteiger charge is 2.04. The Labute approximate surface area is 169 Å². The number of hydrogen-bond donors (Lipinski definition) is 1. The molecule has 5 heteroatoms. The average Bonchev–Trinajstić information content (AvgIpc) is 2.74. The normalized spacial score (nSPS) is 9.89. The van der Waals surface area contributed by atoms with Crippen LogP contribution >= 0.6 is 11.8 Å². The molecule has 0 unspecified atom stereocenters. The van der Waals surface area contributed by atoms with E-state index in [-0.39, 0.29) is 5.91 Å². The van der Waals surface area contributed by atoms with Crippen LogP contribution in [-0.4, -0.2) is 23.8 Å². The van der Waals surface area contributed by atoms with Gasteiger partial charge in [0.1, 0.15) is 11.4 Å². The Morgan fingerprint density at radius 2 is 1.93 bits per heavy atom. The summed E-state index contributed by atoms with van der Waals surface area (Å²) in [7, 11) is 1.64. The van der Waals surface area contributed by atoms with Crippen LogP contribution in [0.3, 0.4) is 0 Å². The van der Waals surface area contributed by atoms with Crippen LogP contribution in [0.4, 0.5) is 5.69 Å². The second-order valence-electron chi connectivity index (χ2n) is 5.87. The Kier molecular flexibility index (Phi) is 7.11. The van der Waals surface area contributed by atoms with Crippen molar-refractivity contribution >= 4 is 23.4 Å². The third kappa shape index (κ3) is 6.19. The first kappa shape index (κ1) is 19.5. The summed E-state index contributed by atoms with van der Waals surface area (Å²) in [6.07, 6.45) is 2.14. The molecule has 0 fully saturated rings. The third-order valence-electron chi connectivity index (χ3n) is 3.80. The van der Waals surface area contributed by atoms with E-state index in [4.69, 9.17) is 4.74 Å². The van der Waals surface area contributed by atoms with E-state index in [1.807, 2.05) is 66.7 Å². The number of nitrogens with one attached hydrogen (secondary N) is 1. The fourth-order valence-corrected chi connectivity index (χ4v) is 3.26. The Hall–Kier alpha value is -3.23. The van der Waals surface area contributed by atoms with Gasteiger partial charge in [0.25, 0.3) is 0 Å². The first-order valence-corrected chi connectivity index (χ1v) is 9.81. The van der Waals surface area contributed by atoms with Crippen LogP contribution in [0, 0.1) is 11.8 Å². The Bertz CT molecular complexity index is 977. The number of thioether (sulfide) groups is 1. The number of ether oxygens (including phenoxy) is 1. The fourth-order valence-electron chi connectivity index (χ4n) is 2.40. The van der Waals surface area contributed by atoms with Crippen LogP contribution in [0.1, 0.15) is 17.7 Å². The van der Waals surface area contributed by atoms with Crippen LogP contribution in [0.2, 0.25) is 0 Å². The average molecular weight is 388 g/mol. The molecule has 1 amide bonds. The van der Waals surface area contributed by atoms with Gasteiger partial charge in [-0.25, -0.2) is 4.98 Å². The number of hydrogen-bond acceptors (Lipinski definition) is 4. The smallest absolute Gasteiger partial charge is 0.225 e. The number of amides is 1. The highest BCUT2D eigenvalue weighted by atomic mass is 32.2. The van der Waals surface area contributed by atoms with Crippen molar-refractivity contribution in [3.8, 4) is 17.6 Å². The summed E-state index contributed by atoms with van der Waals surface area (Å²) >= 11 is 1.64. The topological polar surface area (TPSA) is 51.2 Å². The van der Waals surface area contributed by atoms with Gasteiger partial charge in [-0.2, -0.15) is 0 Å². The van der Waals surface area contributed by atoms with E-state index in [1.54, 1.807) is 25.1 Å². The van der Waals surface area contributed by atoms with Crippen molar-refractivity contribution in [3.63, 3.8) is 0 Å². The molecule has 1 N–H and O–H groups in total. The van der Waals surface area contributed by atoms with Crippen molar-refractivity contribution < 1.29 is 9.53 Å². The quantitative estimate of drug-likeness (QED) is 0.495. The van der Waals surface area contributed by atoms with Crippen molar-refractivity contribution in [2.75, 3.05) is 18.2 Å². The number of methoxy groups -OCH3 is 1. The molecule has 140 valence electrons. The minimum Gasteiger partial charge on any atom is -0.497 e. The molecule has 4 nitrogen and oxygen atoms in total. The minimum atomic E-state index is -0.0177. The number of nitrogens with zero attached hydrogens (tertiary/aromatic N) is 1. The van der Waals surface area contributed by atoms with Gasteiger partial charge in [-0.15, -0.1) is 11.8 Å². The molecular weight excluding hydrogens is 368 g/mol. The van der Waals surface area contributed by atoms with E-state index >= 15 is 0 Å². The summed E-state index contributed by atoms with van der Waals surface area (Å²) in [6.45, 7) is 0. The zero-order chi connectivity index (χ0) is 19.6. The largest absolute Gasteiger partial charge is 0.497 e. The van der Waals surface area contributed by atoms with Gasteiger partial charge in [0, 0.05) is 34.5 Å². The Balaban J connectivity index is 1.50. The first-order chi connectivity index (χ1) is 13.7. The van der Waals surface area contributed by atoms with E-state index in [1.165, 1.54) is 0 Å². The van der Waals surface area contributed by atoms with Gasteiger partial charge < -0.3 is 10.1 Å².